The lowest BCUT2D eigenvalue weighted by Gasteiger charge is -2.20. The summed E-state index contributed by atoms with van der Waals surface area (Å²) in [6.07, 6.45) is -1.33. The molecule has 0 spiro atoms. The number of amides is 3. The summed E-state index contributed by atoms with van der Waals surface area (Å²) in [5.41, 5.74) is 5.01. The van der Waals surface area contributed by atoms with Crippen molar-refractivity contribution in [2.24, 2.45) is 11.7 Å². The van der Waals surface area contributed by atoms with Gasteiger partial charge in [0.25, 0.3) is 15.9 Å². The van der Waals surface area contributed by atoms with Gasteiger partial charge in [0.1, 0.15) is 10.6 Å². The first-order valence-electron chi connectivity index (χ1n) is 9.22. The number of sulfonamides is 1. The number of methoxy groups -OCH3 is 1. The summed E-state index contributed by atoms with van der Waals surface area (Å²) in [5, 5.41) is 1.72. The molecule has 0 heterocycles. The number of nitrogens with two attached hydrogens (primary N) is 1. The normalized spacial score (nSPS) is 12.0. The number of primary amides is 1. The summed E-state index contributed by atoms with van der Waals surface area (Å²) in [6, 6.07) is 8.52. The van der Waals surface area contributed by atoms with Crippen LogP contribution in [0.5, 0.6) is 5.75 Å². The van der Waals surface area contributed by atoms with E-state index in [1.807, 2.05) is 5.32 Å². The highest BCUT2D eigenvalue weighted by Crippen LogP contribution is 2.26. The fraction of sp³-hybridized carbons (Fsp3) is 0.250. The van der Waals surface area contributed by atoms with E-state index < -0.39 is 40.0 Å². The fourth-order valence-electron chi connectivity index (χ4n) is 2.57. The smallest absolute Gasteiger partial charge is 0.338 e. The highest BCUT2D eigenvalue weighted by molar-refractivity contribution is 7.92. The Morgan fingerprint density at radius 1 is 1.06 bits per heavy atom. The number of carbonyl (C=O) groups excluding carboxylic acids is 3. The number of urea groups is 1. The maximum Gasteiger partial charge on any atom is 0.338 e. The Morgan fingerprint density at radius 3 is 2.22 bits per heavy atom. The first-order valence-corrected chi connectivity index (χ1v) is 11.1. The summed E-state index contributed by atoms with van der Waals surface area (Å²) in [5.74, 6) is -1.84. The minimum absolute atomic E-state index is 0.130. The maximum absolute atomic E-state index is 12.8. The Hall–Kier alpha value is -3.31. The standard InChI is InChI=1S/C20H22ClN3O7S/c1-11(2)17(18(25)23-20(22)27)31-19(26)12-4-9-15(21)16(10-12)32(28,29)24-13-5-7-14(30-3)8-6-13/h4-11,17,24H,1-3H3,(H3,22,23,25,27)/t17-/m1/s1. The number of benzene rings is 2. The molecule has 172 valence electrons. The molecule has 12 heteroatoms. The van der Waals surface area contributed by atoms with Crippen molar-refractivity contribution in [2.75, 3.05) is 11.8 Å². The van der Waals surface area contributed by atoms with Crippen molar-refractivity contribution >= 4 is 45.2 Å². The van der Waals surface area contributed by atoms with Gasteiger partial charge in [-0.3, -0.25) is 14.8 Å². The molecule has 3 amide bonds. The van der Waals surface area contributed by atoms with Gasteiger partial charge >= 0.3 is 12.0 Å². The largest absolute Gasteiger partial charge is 0.497 e. The minimum atomic E-state index is -4.17. The number of imide groups is 1. The molecular weight excluding hydrogens is 462 g/mol. The summed E-state index contributed by atoms with van der Waals surface area (Å²) < 4.78 is 38.2. The van der Waals surface area contributed by atoms with E-state index in [2.05, 4.69) is 4.72 Å². The molecule has 2 aromatic carbocycles. The van der Waals surface area contributed by atoms with E-state index in [1.165, 1.54) is 31.4 Å². The highest BCUT2D eigenvalue weighted by Gasteiger charge is 2.29. The van der Waals surface area contributed by atoms with Crippen LogP contribution in [-0.2, 0) is 19.6 Å². The van der Waals surface area contributed by atoms with Crippen LogP contribution in [0.3, 0.4) is 0 Å². The molecule has 0 radical (unpaired) electrons. The zero-order valence-electron chi connectivity index (χ0n) is 17.4. The van der Waals surface area contributed by atoms with Crippen molar-refractivity contribution in [3.8, 4) is 5.75 Å². The van der Waals surface area contributed by atoms with Crippen LogP contribution in [0.4, 0.5) is 10.5 Å². The van der Waals surface area contributed by atoms with Gasteiger partial charge < -0.3 is 15.2 Å². The van der Waals surface area contributed by atoms with Crippen molar-refractivity contribution in [3.05, 3.63) is 53.1 Å². The average Bonchev–Trinajstić information content (AvgIpc) is 2.71. The summed E-state index contributed by atoms with van der Waals surface area (Å²) >= 11 is 6.06. The summed E-state index contributed by atoms with van der Waals surface area (Å²) in [7, 11) is -2.69. The van der Waals surface area contributed by atoms with Gasteiger partial charge in [0.15, 0.2) is 6.10 Å². The predicted octanol–water partition coefficient (Wildman–Crippen LogP) is 2.53. The van der Waals surface area contributed by atoms with Crippen LogP contribution in [-0.4, -0.2) is 39.5 Å². The average molecular weight is 484 g/mol. The maximum atomic E-state index is 12.8. The van der Waals surface area contributed by atoms with Crippen LogP contribution in [0, 0.1) is 5.92 Å². The number of ether oxygens (including phenoxy) is 2. The third-order valence-electron chi connectivity index (χ3n) is 4.14. The topological polar surface area (TPSA) is 154 Å². The first-order chi connectivity index (χ1) is 14.9. The highest BCUT2D eigenvalue weighted by atomic mass is 35.5. The third-order valence-corrected chi connectivity index (χ3v) is 6.01. The lowest BCUT2D eigenvalue weighted by atomic mass is 10.1. The Bertz CT molecular complexity index is 1120. The molecular formula is C20H22ClN3O7S. The molecule has 0 aliphatic rings. The summed E-state index contributed by atoms with van der Waals surface area (Å²) in [4.78, 5) is 35.2. The van der Waals surface area contributed by atoms with Crippen molar-refractivity contribution in [1.82, 2.24) is 5.32 Å². The Labute approximate surface area is 190 Å². The second-order valence-electron chi connectivity index (χ2n) is 6.90. The molecule has 0 unspecified atom stereocenters. The number of hydrogen-bond acceptors (Lipinski definition) is 7. The number of hydrogen-bond donors (Lipinski definition) is 3. The zero-order chi connectivity index (χ0) is 24.1. The van der Waals surface area contributed by atoms with Gasteiger partial charge in [0.2, 0.25) is 0 Å². The lowest BCUT2D eigenvalue weighted by Crippen LogP contribution is -2.45. The van der Waals surface area contributed by atoms with Crippen molar-refractivity contribution in [3.63, 3.8) is 0 Å². The molecule has 32 heavy (non-hydrogen) atoms. The van der Waals surface area contributed by atoms with Gasteiger partial charge in [0.05, 0.1) is 17.7 Å². The number of anilines is 1. The second kappa shape index (κ2) is 10.3. The van der Waals surface area contributed by atoms with E-state index in [1.54, 1.807) is 26.0 Å². The van der Waals surface area contributed by atoms with E-state index in [0.717, 1.165) is 6.07 Å². The van der Waals surface area contributed by atoms with Gasteiger partial charge in [-0.1, -0.05) is 25.4 Å². The second-order valence-corrected chi connectivity index (χ2v) is 8.96. The van der Waals surface area contributed by atoms with E-state index >= 15 is 0 Å². The quantitative estimate of drug-likeness (QED) is 0.487. The van der Waals surface area contributed by atoms with E-state index in [4.69, 9.17) is 26.8 Å². The van der Waals surface area contributed by atoms with Crippen LogP contribution in [0.25, 0.3) is 0 Å². The molecule has 0 aliphatic heterocycles. The summed E-state index contributed by atoms with van der Waals surface area (Å²) in [6.45, 7) is 3.18. The third kappa shape index (κ3) is 6.34. The Morgan fingerprint density at radius 2 is 1.69 bits per heavy atom. The minimum Gasteiger partial charge on any atom is -0.497 e. The number of esters is 1. The van der Waals surface area contributed by atoms with E-state index in [0.29, 0.717) is 5.75 Å². The van der Waals surface area contributed by atoms with Crippen molar-refractivity contribution < 1.29 is 32.3 Å². The molecule has 0 aromatic heterocycles. The molecule has 0 saturated heterocycles. The van der Waals surface area contributed by atoms with Crippen LogP contribution in [0.15, 0.2) is 47.4 Å². The van der Waals surface area contributed by atoms with Gasteiger partial charge in [0, 0.05) is 5.69 Å². The fourth-order valence-corrected chi connectivity index (χ4v) is 4.16. The number of carbonyl (C=O) groups is 3. The van der Waals surface area contributed by atoms with Crippen molar-refractivity contribution in [1.29, 1.82) is 0 Å². The van der Waals surface area contributed by atoms with Gasteiger partial charge in [-0.05, 0) is 48.4 Å². The number of nitrogens with one attached hydrogen (secondary N) is 2. The molecule has 0 aliphatic carbocycles. The first kappa shape index (κ1) is 25.0. The monoisotopic (exact) mass is 483 g/mol. The molecule has 0 saturated carbocycles. The molecule has 10 nitrogen and oxygen atoms in total. The number of rotatable bonds is 8. The zero-order valence-corrected chi connectivity index (χ0v) is 19.0. The Kier molecular flexibility index (Phi) is 8.06. The molecule has 2 aromatic rings. The lowest BCUT2D eigenvalue weighted by molar-refractivity contribution is -0.130. The van der Waals surface area contributed by atoms with Crippen molar-refractivity contribution in [2.45, 2.75) is 24.8 Å². The SMILES string of the molecule is COc1ccc(NS(=O)(=O)c2cc(C(=O)O[C@@H](C(=O)NC(N)=O)C(C)C)ccc2Cl)cc1. The molecule has 4 N–H and O–H groups in total. The number of halogens is 1. The van der Waals surface area contributed by atoms with E-state index in [-0.39, 0.29) is 21.2 Å². The molecule has 1 atom stereocenters. The van der Waals surface area contributed by atoms with Crippen LogP contribution >= 0.6 is 11.6 Å². The van der Waals surface area contributed by atoms with E-state index in [9.17, 15) is 22.8 Å². The van der Waals surface area contributed by atoms with Gasteiger partial charge in [-0.25, -0.2) is 18.0 Å². The Balaban J connectivity index is 2.29. The van der Waals surface area contributed by atoms with Gasteiger partial charge in [-0.15, -0.1) is 0 Å². The van der Waals surface area contributed by atoms with Gasteiger partial charge in [-0.2, -0.15) is 0 Å². The van der Waals surface area contributed by atoms with Crippen LogP contribution in [0.1, 0.15) is 24.2 Å². The molecule has 0 fully saturated rings. The molecule has 2 rings (SSSR count). The molecule has 0 bridgehead atoms. The predicted molar refractivity (Wildman–Crippen MR) is 117 cm³/mol. The van der Waals surface area contributed by atoms with Crippen LogP contribution in [0.2, 0.25) is 5.02 Å². The van der Waals surface area contributed by atoms with Crippen LogP contribution < -0.4 is 20.5 Å².